The average Bonchev–Trinajstić information content (AvgIpc) is 2.81. The zero-order valence-electron chi connectivity index (χ0n) is 19.4. The fourth-order valence-corrected chi connectivity index (χ4v) is 5.01. The Morgan fingerprint density at radius 3 is 2.36 bits per heavy atom. The summed E-state index contributed by atoms with van der Waals surface area (Å²) in [5.74, 6) is -0.140. The van der Waals surface area contributed by atoms with E-state index in [0.29, 0.717) is 21.7 Å². The maximum atomic E-state index is 13.4. The van der Waals surface area contributed by atoms with E-state index in [2.05, 4.69) is 5.32 Å². The number of amides is 1. The minimum Gasteiger partial charge on any atom is -0.491 e. The molecule has 0 unspecified atom stereocenters. The van der Waals surface area contributed by atoms with Crippen LogP contribution in [0.5, 0.6) is 5.75 Å². The molecule has 0 heterocycles. The standard InChI is InChI=1S/C25H24ClF3N2O4S/c1-17(2)35-20-8-6-7-18(13-20)15-30-24(32)16-31(36(33,34)21-9-4-3-5-10-21)23-14-19(25(27,28)29)11-12-22(23)26/h3-14,17H,15-16H2,1-2H3,(H,30,32). The van der Waals surface area contributed by atoms with Crippen molar-refractivity contribution in [2.75, 3.05) is 10.8 Å². The molecule has 0 aliphatic heterocycles. The maximum Gasteiger partial charge on any atom is 0.416 e. The van der Waals surface area contributed by atoms with Gasteiger partial charge in [0, 0.05) is 6.54 Å². The number of sulfonamides is 1. The van der Waals surface area contributed by atoms with Crippen LogP contribution in [0.15, 0.2) is 77.7 Å². The number of carbonyl (C=O) groups is 1. The number of rotatable bonds is 9. The van der Waals surface area contributed by atoms with Gasteiger partial charge in [-0.15, -0.1) is 0 Å². The summed E-state index contributed by atoms with van der Waals surface area (Å²) in [6.07, 6.45) is -4.80. The Morgan fingerprint density at radius 2 is 1.72 bits per heavy atom. The first-order valence-corrected chi connectivity index (χ1v) is 12.7. The Hall–Kier alpha value is -3.24. The van der Waals surface area contributed by atoms with E-state index in [-0.39, 0.29) is 22.6 Å². The Morgan fingerprint density at radius 1 is 1.03 bits per heavy atom. The summed E-state index contributed by atoms with van der Waals surface area (Å²) in [5, 5.41) is 2.35. The molecule has 0 spiro atoms. The number of anilines is 1. The highest BCUT2D eigenvalue weighted by molar-refractivity contribution is 7.92. The number of halogens is 4. The van der Waals surface area contributed by atoms with Gasteiger partial charge in [-0.2, -0.15) is 13.2 Å². The zero-order chi connectivity index (χ0) is 26.5. The summed E-state index contributed by atoms with van der Waals surface area (Å²) in [7, 11) is -4.44. The summed E-state index contributed by atoms with van der Waals surface area (Å²) in [6.45, 7) is 2.99. The smallest absolute Gasteiger partial charge is 0.416 e. The zero-order valence-corrected chi connectivity index (χ0v) is 21.0. The van der Waals surface area contributed by atoms with E-state index in [1.807, 2.05) is 13.8 Å². The average molecular weight is 541 g/mol. The van der Waals surface area contributed by atoms with Crippen molar-refractivity contribution in [1.82, 2.24) is 5.32 Å². The number of alkyl halides is 3. The Kier molecular flexibility index (Phi) is 8.52. The highest BCUT2D eigenvalue weighted by atomic mass is 35.5. The second-order valence-corrected chi connectivity index (χ2v) is 10.3. The molecule has 0 bridgehead atoms. The molecule has 36 heavy (non-hydrogen) atoms. The fraction of sp³-hybridized carbons (Fsp3) is 0.240. The van der Waals surface area contributed by atoms with Crippen LogP contribution in [0.1, 0.15) is 25.0 Å². The fourth-order valence-electron chi connectivity index (χ4n) is 3.29. The molecule has 3 aromatic carbocycles. The van der Waals surface area contributed by atoms with Crippen LogP contribution < -0.4 is 14.4 Å². The van der Waals surface area contributed by atoms with Gasteiger partial charge in [-0.05, 0) is 61.9 Å². The number of benzene rings is 3. The molecule has 0 aliphatic carbocycles. The van der Waals surface area contributed by atoms with Gasteiger partial charge in [0.15, 0.2) is 0 Å². The molecule has 3 aromatic rings. The normalized spacial score (nSPS) is 11.9. The molecular weight excluding hydrogens is 517 g/mol. The van der Waals surface area contributed by atoms with Crippen LogP contribution in [-0.2, 0) is 27.5 Å². The van der Waals surface area contributed by atoms with Crippen LogP contribution in [0.25, 0.3) is 0 Å². The topological polar surface area (TPSA) is 75.7 Å². The molecule has 0 aromatic heterocycles. The van der Waals surface area contributed by atoms with Gasteiger partial charge >= 0.3 is 6.18 Å². The number of ether oxygens (including phenoxy) is 1. The summed E-state index contributed by atoms with van der Waals surface area (Å²) >= 11 is 6.13. The molecule has 0 saturated heterocycles. The molecule has 1 amide bonds. The van der Waals surface area contributed by atoms with Gasteiger partial charge < -0.3 is 10.1 Å². The van der Waals surface area contributed by atoms with Gasteiger partial charge in [-0.3, -0.25) is 9.10 Å². The SMILES string of the molecule is CC(C)Oc1cccc(CNC(=O)CN(c2cc(C(F)(F)F)ccc2Cl)S(=O)(=O)c2ccccc2)c1. The van der Waals surface area contributed by atoms with Crippen molar-refractivity contribution in [3.63, 3.8) is 0 Å². The van der Waals surface area contributed by atoms with E-state index in [1.54, 1.807) is 30.3 Å². The molecule has 0 atom stereocenters. The quantitative estimate of drug-likeness (QED) is 0.380. The third kappa shape index (κ3) is 6.92. The lowest BCUT2D eigenvalue weighted by Gasteiger charge is -2.26. The predicted octanol–water partition coefficient (Wildman–Crippen LogP) is 5.66. The molecule has 0 radical (unpaired) electrons. The van der Waals surface area contributed by atoms with E-state index < -0.39 is 39.9 Å². The second kappa shape index (κ2) is 11.2. The summed E-state index contributed by atoms with van der Waals surface area (Å²) in [4.78, 5) is 12.6. The third-order valence-corrected chi connectivity index (χ3v) is 7.01. The largest absolute Gasteiger partial charge is 0.491 e. The summed E-state index contributed by atoms with van der Waals surface area (Å²) in [5.41, 5.74) is -0.869. The first kappa shape index (κ1) is 27.3. The lowest BCUT2D eigenvalue weighted by molar-refractivity contribution is -0.137. The van der Waals surface area contributed by atoms with E-state index in [9.17, 15) is 26.4 Å². The third-order valence-electron chi connectivity index (χ3n) is 4.92. The number of nitrogens with zero attached hydrogens (tertiary/aromatic N) is 1. The summed E-state index contributed by atoms with van der Waals surface area (Å²) < 4.78 is 73.1. The number of hydrogen-bond donors (Lipinski definition) is 1. The second-order valence-electron chi connectivity index (χ2n) is 8.08. The van der Waals surface area contributed by atoms with Crippen molar-refractivity contribution in [1.29, 1.82) is 0 Å². The maximum absolute atomic E-state index is 13.4. The van der Waals surface area contributed by atoms with Crippen molar-refractivity contribution in [3.05, 3.63) is 88.9 Å². The molecule has 0 saturated carbocycles. The van der Waals surface area contributed by atoms with Crippen molar-refractivity contribution >= 4 is 33.2 Å². The van der Waals surface area contributed by atoms with Gasteiger partial charge in [0.2, 0.25) is 5.91 Å². The van der Waals surface area contributed by atoms with Crippen molar-refractivity contribution in [3.8, 4) is 5.75 Å². The Balaban J connectivity index is 1.91. The van der Waals surface area contributed by atoms with Crippen molar-refractivity contribution < 1.29 is 31.1 Å². The molecule has 6 nitrogen and oxygen atoms in total. The van der Waals surface area contributed by atoms with Crippen LogP contribution in [0.3, 0.4) is 0 Å². The van der Waals surface area contributed by atoms with E-state index in [0.717, 1.165) is 12.1 Å². The van der Waals surface area contributed by atoms with Gasteiger partial charge in [-0.25, -0.2) is 8.42 Å². The molecule has 1 N–H and O–H groups in total. The Bertz CT molecular complexity index is 1320. The predicted molar refractivity (Wildman–Crippen MR) is 131 cm³/mol. The van der Waals surface area contributed by atoms with Gasteiger partial charge in [-0.1, -0.05) is 41.9 Å². The van der Waals surface area contributed by atoms with Gasteiger partial charge in [0.25, 0.3) is 10.0 Å². The first-order valence-electron chi connectivity index (χ1n) is 10.8. The van der Waals surface area contributed by atoms with Gasteiger partial charge in [0.05, 0.1) is 27.3 Å². The lowest BCUT2D eigenvalue weighted by Crippen LogP contribution is -2.41. The molecular formula is C25H24ClF3N2O4S. The number of carbonyl (C=O) groups excluding carboxylic acids is 1. The van der Waals surface area contributed by atoms with E-state index in [1.165, 1.54) is 24.3 Å². The molecule has 11 heteroatoms. The minimum atomic E-state index is -4.74. The first-order chi connectivity index (χ1) is 16.9. The van der Waals surface area contributed by atoms with Gasteiger partial charge in [0.1, 0.15) is 12.3 Å². The summed E-state index contributed by atoms with van der Waals surface area (Å²) in [6, 6.07) is 16.4. The van der Waals surface area contributed by atoms with E-state index in [4.69, 9.17) is 16.3 Å². The molecule has 192 valence electrons. The van der Waals surface area contributed by atoms with Crippen molar-refractivity contribution in [2.24, 2.45) is 0 Å². The Labute approximate surface area is 212 Å². The molecule has 0 aliphatic rings. The number of nitrogens with one attached hydrogen (secondary N) is 1. The van der Waals surface area contributed by atoms with Crippen LogP contribution in [0.4, 0.5) is 18.9 Å². The van der Waals surface area contributed by atoms with Crippen LogP contribution >= 0.6 is 11.6 Å². The van der Waals surface area contributed by atoms with Crippen LogP contribution in [-0.4, -0.2) is 27.0 Å². The monoisotopic (exact) mass is 540 g/mol. The molecule has 3 rings (SSSR count). The molecule has 0 fully saturated rings. The van der Waals surface area contributed by atoms with Crippen molar-refractivity contribution in [2.45, 2.75) is 37.6 Å². The van der Waals surface area contributed by atoms with Crippen LogP contribution in [0.2, 0.25) is 5.02 Å². The van der Waals surface area contributed by atoms with E-state index >= 15 is 0 Å². The number of hydrogen-bond acceptors (Lipinski definition) is 4. The minimum absolute atomic E-state index is 0.0453. The highest BCUT2D eigenvalue weighted by Gasteiger charge is 2.34. The highest BCUT2D eigenvalue weighted by Crippen LogP contribution is 2.37. The van der Waals surface area contributed by atoms with Crippen LogP contribution in [0, 0.1) is 0 Å². The lowest BCUT2D eigenvalue weighted by atomic mass is 10.2.